The van der Waals surface area contributed by atoms with Gasteiger partial charge in [0.15, 0.2) is 5.82 Å². The molecule has 1 saturated carbocycles. The lowest BCUT2D eigenvalue weighted by molar-refractivity contribution is 0.123. The van der Waals surface area contributed by atoms with E-state index in [4.69, 9.17) is 0 Å². The van der Waals surface area contributed by atoms with Crippen molar-refractivity contribution in [1.82, 2.24) is 30.1 Å². The van der Waals surface area contributed by atoms with Crippen molar-refractivity contribution in [2.75, 3.05) is 0 Å². The van der Waals surface area contributed by atoms with Crippen LogP contribution in [-0.2, 0) is 13.1 Å². The molecule has 7 heteroatoms. The van der Waals surface area contributed by atoms with Crippen molar-refractivity contribution in [2.24, 2.45) is 5.92 Å². The SMILES string of the molecule is Cc1ccc(CN(Cc2cc3ccc(C)cc3[nH]c2=O)[C@@H](c2nnnn2C2CCCC2)C(C)C)cc1. The van der Waals surface area contributed by atoms with Gasteiger partial charge in [-0.15, -0.1) is 5.10 Å². The Morgan fingerprint density at radius 2 is 1.72 bits per heavy atom. The Bertz CT molecular complexity index is 1380. The van der Waals surface area contributed by atoms with Gasteiger partial charge in [0, 0.05) is 24.2 Å². The Hall–Kier alpha value is -3.32. The normalized spacial score (nSPS) is 15.4. The Balaban J connectivity index is 1.56. The van der Waals surface area contributed by atoms with Crippen LogP contribution in [0.15, 0.2) is 53.3 Å². The molecule has 0 spiro atoms. The third-order valence-corrected chi connectivity index (χ3v) is 7.44. The van der Waals surface area contributed by atoms with Gasteiger partial charge in [0.05, 0.1) is 12.1 Å². The maximum absolute atomic E-state index is 13.2. The Morgan fingerprint density at radius 1 is 1.00 bits per heavy atom. The molecule has 0 amide bonds. The number of tetrazole rings is 1. The van der Waals surface area contributed by atoms with Crippen LogP contribution in [0.25, 0.3) is 10.9 Å². The Kier molecular flexibility index (Phi) is 7.01. The first kappa shape index (κ1) is 24.4. The van der Waals surface area contributed by atoms with Gasteiger partial charge in [0.1, 0.15) is 0 Å². The van der Waals surface area contributed by atoms with Crippen LogP contribution in [0.1, 0.15) is 79.7 Å². The van der Waals surface area contributed by atoms with Crippen molar-refractivity contribution in [3.63, 3.8) is 0 Å². The summed E-state index contributed by atoms with van der Waals surface area (Å²) in [5.74, 6) is 1.15. The number of nitrogens with zero attached hydrogens (tertiary/aromatic N) is 5. The van der Waals surface area contributed by atoms with Gasteiger partial charge >= 0.3 is 0 Å². The van der Waals surface area contributed by atoms with Crippen molar-refractivity contribution >= 4 is 10.9 Å². The van der Waals surface area contributed by atoms with E-state index < -0.39 is 0 Å². The minimum Gasteiger partial charge on any atom is -0.322 e. The van der Waals surface area contributed by atoms with E-state index in [1.54, 1.807) is 0 Å². The molecule has 0 bridgehead atoms. The quantitative estimate of drug-likeness (QED) is 0.350. The Labute approximate surface area is 212 Å². The van der Waals surface area contributed by atoms with Crippen molar-refractivity contribution in [3.8, 4) is 0 Å². The first-order valence-electron chi connectivity index (χ1n) is 13.1. The lowest BCUT2D eigenvalue weighted by Gasteiger charge is -2.34. The molecule has 2 aromatic heterocycles. The summed E-state index contributed by atoms with van der Waals surface area (Å²) < 4.78 is 2.06. The van der Waals surface area contributed by atoms with Gasteiger partial charge in [-0.1, -0.05) is 68.7 Å². The molecule has 36 heavy (non-hydrogen) atoms. The summed E-state index contributed by atoms with van der Waals surface area (Å²) in [5, 5.41) is 14.2. The Morgan fingerprint density at radius 3 is 2.44 bits per heavy atom. The van der Waals surface area contributed by atoms with E-state index in [0.717, 1.165) is 40.7 Å². The minimum absolute atomic E-state index is 0.0324. The zero-order valence-corrected chi connectivity index (χ0v) is 21.7. The summed E-state index contributed by atoms with van der Waals surface area (Å²) in [6.07, 6.45) is 4.67. The molecule has 4 aromatic rings. The van der Waals surface area contributed by atoms with Crippen LogP contribution in [0.4, 0.5) is 0 Å². The molecule has 0 radical (unpaired) electrons. The fourth-order valence-electron chi connectivity index (χ4n) is 5.56. The van der Waals surface area contributed by atoms with E-state index in [1.165, 1.54) is 24.0 Å². The largest absolute Gasteiger partial charge is 0.322 e. The van der Waals surface area contributed by atoms with Gasteiger partial charge in [-0.05, 0) is 71.7 Å². The number of pyridine rings is 1. The summed E-state index contributed by atoms with van der Waals surface area (Å²) in [5.41, 5.74) is 5.16. The van der Waals surface area contributed by atoms with Crippen molar-refractivity contribution in [3.05, 3.63) is 87.0 Å². The van der Waals surface area contributed by atoms with Crippen LogP contribution >= 0.6 is 0 Å². The molecule has 1 atom stereocenters. The van der Waals surface area contributed by atoms with Crippen LogP contribution in [0.5, 0.6) is 0 Å². The smallest absolute Gasteiger partial charge is 0.252 e. The maximum Gasteiger partial charge on any atom is 0.252 e. The number of H-pyrrole nitrogens is 1. The number of rotatable bonds is 8. The average Bonchev–Trinajstić information content (AvgIpc) is 3.53. The summed E-state index contributed by atoms with van der Waals surface area (Å²) in [6.45, 7) is 9.78. The lowest BCUT2D eigenvalue weighted by atomic mass is 9.99. The number of fused-ring (bicyclic) bond motifs is 1. The fourth-order valence-corrected chi connectivity index (χ4v) is 5.56. The topological polar surface area (TPSA) is 79.7 Å². The summed E-state index contributed by atoms with van der Waals surface area (Å²) in [4.78, 5) is 18.7. The third-order valence-electron chi connectivity index (χ3n) is 7.44. The zero-order valence-electron chi connectivity index (χ0n) is 21.7. The predicted octanol–water partition coefficient (Wildman–Crippen LogP) is 5.65. The highest BCUT2D eigenvalue weighted by molar-refractivity contribution is 5.79. The molecule has 7 nitrogen and oxygen atoms in total. The number of benzene rings is 2. The van der Waals surface area contributed by atoms with E-state index in [2.05, 4.69) is 87.3 Å². The van der Waals surface area contributed by atoms with Crippen LogP contribution in [-0.4, -0.2) is 30.1 Å². The monoisotopic (exact) mass is 484 g/mol. The van der Waals surface area contributed by atoms with Crippen molar-refractivity contribution < 1.29 is 0 Å². The van der Waals surface area contributed by atoms with E-state index in [1.807, 2.05) is 19.1 Å². The van der Waals surface area contributed by atoms with Crippen LogP contribution < -0.4 is 5.56 Å². The van der Waals surface area contributed by atoms with Gasteiger partial charge in [-0.25, -0.2) is 4.68 Å². The number of aromatic amines is 1. The standard InChI is InChI=1S/C29H36N6O/c1-19(2)27(28-31-32-33-35(28)25-7-5-6-8-25)34(17-22-12-9-20(3)10-13-22)18-24-16-23-14-11-21(4)15-26(23)30-29(24)36/h9-16,19,25,27H,5-8,17-18H2,1-4H3,(H,30,36)/t27-/m1/s1. The highest BCUT2D eigenvalue weighted by Crippen LogP contribution is 2.35. The molecule has 1 fully saturated rings. The molecule has 188 valence electrons. The van der Waals surface area contributed by atoms with E-state index >= 15 is 0 Å². The fraction of sp³-hybridized carbons (Fsp3) is 0.448. The van der Waals surface area contributed by atoms with Gasteiger partial charge in [0.2, 0.25) is 0 Å². The first-order chi connectivity index (χ1) is 17.4. The number of aryl methyl sites for hydroxylation is 2. The summed E-state index contributed by atoms with van der Waals surface area (Å²) in [7, 11) is 0. The average molecular weight is 485 g/mol. The molecular formula is C29H36N6O. The second kappa shape index (κ2) is 10.3. The molecular weight excluding hydrogens is 448 g/mol. The highest BCUT2D eigenvalue weighted by atomic mass is 16.1. The molecule has 0 unspecified atom stereocenters. The van der Waals surface area contributed by atoms with Crippen LogP contribution in [0, 0.1) is 19.8 Å². The molecule has 1 aliphatic carbocycles. The van der Waals surface area contributed by atoms with Gasteiger partial charge in [0.25, 0.3) is 5.56 Å². The van der Waals surface area contributed by atoms with Gasteiger partial charge in [-0.3, -0.25) is 9.69 Å². The number of hydrogen-bond donors (Lipinski definition) is 1. The van der Waals surface area contributed by atoms with E-state index in [-0.39, 0.29) is 17.5 Å². The van der Waals surface area contributed by atoms with Crippen LogP contribution in [0.3, 0.4) is 0 Å². The van der Waals surface area contributed by atoms with E-state index in [9.17, 15) is 4.79 Å². The predicted molar refractivity (Wildman–Crippen MR) is 143 cm³/mol. The number of aromatic nitrogens is 5. The highest BCUT2D eigenvalue weighted by Gasteiger charge is 2.32. The van der Waals surface area contributed by atoms with Gasteiger partial charge in [-0.2, -0.15) is 0 Å². The first-order valence-corrected chi connectivity index (χ1v) is 13.1. The zero-order chi connectivity index (χ0) is 25.2. The second-order valence-electron chi connectivity index (χ2n) is 10.7. The minimum atomic E-state index is -0.0418. The lowest BCUT2D eigenvalue weighted by Crippen LogP contribution is -2.35. The summed E-state index contributed by atoms with van der Waals surface area (Å²) in [6, 6.07) is 17.2. The third kappa shape index (κ3) is 5.12. The molecule has 1 aliphatic rings. The van der Waals surface area contributed by atoms with E-state index in [0.29, 0.717) is 19.1 Å². The van der Waals surface area contributed by atoms with Crippen molar-refractivity contribution in [1.29, 1.82) is 0 Å². The van der Waals surface area contributed by atoms with Crippen LogP contribution in [0.2, 0.25) is 0 Å². The summed E-state index contributed by atoms with van der Waals surface area (Å²) >= 11 is 0. The number of hydrogen-bond acceptors (Lipinski definition) is 5. The van der Waals surface area contributed by atoms with Gasteiger partial charge < -0.3 is 4.98 Å². The number of nitrogens with one attached hydrogen (secondary N) is 1. The molecule has 1 N–H and O–H groups in total. The molecule has 5 rings (SSSR count). The second-order valence-corrected chi connectivity index (χ2v) is 10.7. The molecule has 0 aliphatic heterocycles. The molecule has 2 aromatic carbocycles. The molecule has 2 heterocycles. The van der Waals surface area contributed by atoms with Crippen molar-refractivity contribution in [2.45, 2.75) is 78.6 Å². The maximum atomic E-state index is 13.2. The molecule has 0 saturated heterocycles.